The molecule has 8 nitrogen and oxygen atoms in total. The van der Waals surface area contributed by atoms with Gasteiger partial charge in [0, 0.05) is 54.0 Å². The Labute approximate surface area is 236 Å². The summed E-state index contributed by atoms with van der Waals surface area (Å²) in [6, 6.07) is 13.5. The van der Waals surface area contributed by atoms with Crippen molar-refractivity contribution < 1.29 is 32.4 Å². The third-order valence-corrected chi connectivity index (χ3v) is 7.58. The van der Waals surface area contributed by atoms with Gasteiger partial charge in [-0.3, -0.25) is 9.78 Å². The third-order valence-electron chi connectivity index (χ3n) is 6.06. The highest BCUT2D eigenvalue weighted by Gasteiger charge is 2.26. The van der Waals surface area contributed by atoms with Crippen LogP contribution in [-0.4, -0.2) is 34.0 Å². The lowest BCUT2D eigenvalue weighted by Gasteiger charge is -2.23. The van der Waals surface area contributed by atoms with Crippen molar-refractivity contribution in [3.05, 3.63) is 77.6 Å². The lowest BCUT2D eigenvalue weighted by Crippen LogP contribution is -2.39. The second-order valence-corrected chi connectivity index (χ2v) is 12.3. The van der Waals surface area contributed by atoms with Crippen LogP contribution in [0.3, 0.4) is 0 Å². The van der Waals surface area contributed by atoms with Gasteiger partial charge < -0.3 is 23.2 Å². The smallest absolute Gasteiger partial charge is 0.302 e. The molecule has 0 spiro atoms. The monoisotopic (exact) mass is 568 g/mol. The van der Waals surface area contributed by atoms with Gasteiger partial charge in [-0.25, -0.2) is 0 Å². The summed E-state index contributed by atoms with van der Waals surface area (Å²) in [5.74, 6) is 0.877. The molecule has 0 fully saturated rings. The van der Waals surface area contributed by atoms with Crippen LogP contribution >= 0.6 is 0 Å². The number of fused-ring (bicyclic) bond motifs is 1. The van der Waals surface area contributed by atoms with Gasteiger partial charge in [-0.1, -0.05) is 6.07 Å². The molecule has 0 bridgehead atoms. The number of pyridine rings is 1. The Morgan fingerprint density at radius 1 is 1.15 bits per heavy atom. The normalized spacial score (nSPS) is 12.4. The summed E-state index contributed by atoms with van der Waals surface area (Å²) < 4.78 is 51.3. The average Bonchev–Trinajstić information content (AvgIpc) is 3.29. The molecule has 1 atom stereocenters. The highest BCUT2D eigenvalue weighted by molar-refractivity contribution is 7.90. The fraction of sp³-hybridized carbons (Fsp3) is 0.333. The van der Waals surface area contributed by atoms with E-state index < -0.39 is 22.1 Å². The number of benzene rings is 2. The predicted molar refractivity (Wildman–Crippen MR) is 152 cm³/mol. The van der Waals surface area contributed by atoms with Crippen LogP contribution in [0.15, 0.2) is 59.1 Å². The zero-order valence-electron chi connectivity index (χ0n) is 23.2. The fourth-order valence-corrected chi connectivity index (χ4v) is 4.76. The Kier molecular flexibility index (Phi) is 9.34. The van der Waals surface area contributed by atoms with E-state index in [0.717, 1.165) is 16.7 Å². The van der Waals surface area contributed by atoms with Gasteiger partial charge in [0.05, 0.1) is 26.0 Å². The number of esters is 1. The third kappa shape index (κ3) is 7.53. The number of carbonyl (C=O) groups is 1. The van der Waals surface area contributed by atoms with Gasteiger partial charge >= 0.3 is 5.97 Å². The molecule has 4 rings (SSSR count). The van der Waals surface area contributed by atoms with Crippen molar-refractivity contribution in [1.29, 1.82) is 0 Å². The summed E-state index contributed by atoms with van der Waals surface area (Å²) in [6.45, 7) is 7.77. The van der Waals surface area contributed by atoms with E-state index in [1.165, 1.54) is 13.0 Å². The van der Waals surface area contributed by atoms with E-state index in [-0.39, 0.29) is 19.2 Å². The number of hydrogen-bond donors (Lipinski definition) is 1. The first-order valence-corrected chi connectivity index (χ1v) is 13.9. The van der Waals surface area contributed by atoms with E-state index in [1.807, 2.05) is 57.2 Å². The van der Waals surface area contributed by atoms with Crippen molar-refractivity contribution in [1.82, 2.24) is 9.71 Å². The number of nitrogens with zero attached hydrogens (tertiary/aromatic N) is 1. The fourth-order valence-electron chi connectivity index (χ4n) is 4.05. The average molecular weight is 569 g/mol. The van der Waals surface area contributed by atoms with Crippen molar-refractivity contribution in [2.75, 3.05) is 13.7 Å². The summed E-state index contributed by atoms with van der Waals surface area (Å²) in [7, 11) is 1.57. The topological polar surface area (TPSA) is 106 Å². The Morgan fingerprint density at radius 2 is 1.95 bits per heavy atom. The molecule has 0 saturated heterocycles. The molecule has 0 aliphatic rings. The summed E-state index contributed by atoms with van der Waals surface area (Å²) in [4.78, 5) is 15.6. The number of rotatable bonds is 11. The zero-order chi connectivity index (χ0) is 28.9. The van der Waals surface area contributed by atoms with Crippen molar-refractivity contribution in [3.8, 4) is 22.6 Å². The Hall–Kier alpha value is -3.60. The molecule has 10 heteroatoms. The molecule has 0 saturated carbocycles. The van der Waals surface area contributed by atoms with Gasteiger partial charge in [0.2, 0.25) is 0 Å². The van der Waals surface area contributed by atoms with Crippen LogP contribution < -0.4 is 14.2 Å². The number of nitrogens with one attached hydrogen (secondary N) is 1. The molecule has 0 aliphatic heterocycles. The van der Waals surface area contributed by atoms with Crippen molar-refractivity contribution in [3.63, 3.8) is 0 Å². The lowest BCUT2D eigenvalue weighted by atomic mass is 10.0. The van der Waals surface area contributed by atoms with Crippen LogP contribution in [0.2, 0.25) is 0 Å². The molecular weight excluding hydrogens is 535 g/mol. The van der Waals surface area contributed by atoms with Gasteiger partial charge in [0.25, 0.3) is 6.01 Å². The molecule has 0 aliphatic carbocycles. The summed E-state index contributed by atoms with van der Waals surface area (Å²) >= 11 is -1.25. The molecule has 4 aromatic rings. The van der Waals surface area contributed by atoms with E-state index in [9.17, 15) is 13.7 Å². The van der Waals surface area contributed by atoms with Gasteiger partial charge in [-0.05, 0) is 67.8 Å². The molecule has 0 radical (unpaired) electrons. The lowest BCUT2D eigenvalue weighted by molar-refractivity contribution is -0.140. The minimum atomic E-state index is -1.25. The maximum absolute atomic E-state index is 14.2. The van der Waals surface area contributed by atoms with Crippen LogP contribution in [-0.2, 0) is 40.5 Å². The first kappa shape index (κ1) is 29.4. The number of ether oxygens (including phenoxy) is 3. The summed E-state index contributed by atoms with van der Waals surface area (Å²) in [5.41, 5.74) is 4.21. The van der Waals surface area contributed by atoms with Crippen molar-refractivity contribution in [2.45, 2.75) is 52.0 Å². The van der Waals surface area contributed by atoms with Crippen LogP contribution in [0.4, 0.5) is 4.39 Å². The first-order valence-electron chi connectivity index (χ1n) is 12.8. The second kappa shape index (κ2) is 12.7. The number of methoxy groups -OCH3 is 1. The van der Waals surface area contributed by atoms with E-state index in [1.54, 1.807) is 19.4 Å². The molecular formula is C30H33FN2O6S. The first-order chi connectivity index (χ1) is 19.0. The molecule has 40 heavy (non-hydrogen) atoms. The van der Waals surface area contributed by atoms with E-state index >= 15 is 0 Å². The minimum absolute atomic E-state index is 0.188. The summed E-state index contributed by atoms with van der Waals surface area (Å²) in [6.07, 6.45) is 2.14. The number of carbonyl (C=O) groups excluding carboxylic acids is 1. The van der Waals surface area contributed by atoms with E-state index in [4.69, 9.17) is 18.6 Å². The zero-order valence-corrected chi connectivity index (χ0v) is 24.0. The molecule has 2 aromatic carbocycles. The number of halogens is 1. The van der Waals surface area contributed by atoms with Gasteiger partial charge in [0.15, 0.2) is 0 Å². The van der Waals surface area contributed by atoms with Crippen LogP contribution in [0.5, 0.6) is 11.5 Å². The predicted octanol–water partition coefficient (Wildman–Crippen LogP) is 5.88. The second-order valence-electron chi connectivity index (χ2n) is 10.2. The molecule has 212 valence electrons. The van der Waals surface area contributed by atoms with Gasteiger partial charge in [-0.2, -0.15) is 4.39 Å². The maximum atomic E-state index is 14.2. The van der Waals surface area contributed by atoms with Crippen LogP contribution in [0, 0.1) is 6.01 Å². The Bertz CT molecular complexity index is 1480. The summed E-state index contributed by atoms with van der Waals surface area (Å²) in [5, 5.41) is 0.597. The van der Waals surface area contributed by atoms with Gasteiger partial charge in [0.1, 0.15) is 28.4 Å². The standard InChI is InChI=1S/C30H33FN2O6S/c1-19(34)37-11-9-21-6-7-25(36-5)16-27(21)38-18-20-12-23-15-28(31)39-29(23)26(13-20)22-8-10-32-24(14-22)17-33-40(35)30(2,3)4/h6-8,10,12-16,33H,9,11,17-18H2,1-5H3. The molecule has 2 heterocycles. The number of aromatic nitrogens is 1. The van der Waals surface area contributed by atoms with Crippen LogP contribution in [0.1, 0.15) is 44.5 Å². The molecule has 1 unspecified atom stereocenters. The highest BCUT2D eigenvalue weighted by Crippen LogP contribution is 2.33. The van der Waals surface area contributed by atoms with E-state index in [2.05, 4.69) is 9.71 Å². The van der Waals surface area contributed by atoms with Gasteiger partial charge in [-0.15, -0.1) is 4.72 Å². The number of hydrogen-bond acceptors (Lipinski definition) is 8. The molecule has 0 amide bonds. The molecule has 2 aromatic heterocycles. The Morgan fingerprint density at radius 3 is 2.67 bits per heavy atom. The van der Waals surface area contributed by atoms with Crippen molar-refractivity contribution >= 4 is 28.3 Å². The van der Waals surface area contributed by atoms with Crippen LogP contribution in [0.25, 0.3) is 22.1 Å². The SMILES string of the molecule is COc1ccc(CCOC(C)=O)c(OCc2cc(-c3ccnc(CN[S+]([O-])C(C)(C)C)c3)c3oc(F)cc3c2)c1. The molecule has 1 N–H and O–H groups in total. The number of furan rings is 1. The Balaban J connectivity index is 1.60. The highest BCUT2D eigenvalue weighted by atomic mass is 32.2. The minimum Gasteiger partial charge on any atom is -0.598 e. The quantitative estimate of drug-likeness (QED) is 0.177. The largest absolute Gasteiger partial charge is 0.598 e. The maximum Gasteiger partial charge on any atom is 0.302 e. The van der Waals surface area contributed by atoms with Crippen molar-refractivity contribution in [2.24, 2.45) is 0 Å². The van der Waals surface area contributed by atoms with E-state index in [0.29, 0.717) is 46.7 Å².